The van der Waals surface area contributed by atoms with Crippen molar-refractivity contribution in [3.8, 4) is 0 Å². The fourth-order valence-electron chi connectivity index (χ4n) is 2.62. The summed E-state index contributed by atoms with van der Waals surface area (Å²) in [6, 6.07) is 6.77. The summed E-state index contributed by atoms with van der Waals surface area (Å²) in [7, 11) is 0. The molecule has 1 aliphatic heterocycles. The molecule has 2 rings (SSSR count). The summed E-state index contributed by atoms with van der Waals surface area (Å²) >= 11 is 0. The Bertz CT molecular complexity index is 501. The molecule has 1 unspecified atom stereocenters. The first-order valence-corrected chi connectivity index (χ1v) is 7.25. The molecule has 1 fully saturated rings. The smallest absolute Gasteiger partial charge is 0.234 e. The van der Waals surface area contributed by atoms with Gasteiger partial charge in [0.1, 0.15) is 0 Å². The maximum atomic E-state index is 11.9. The third-order valence-corrected chi connectivity index (χ3v) is 3.76. The van der Waals surface area contributed by atoms with Gasteiger partial charge < -0.3 is 16.8 Å². The molecule has 1 heterocycles. The maximum absolute atomic E-state index is 11.9. The Hall–Kier alpha value is -2.08. The molecule has 1 aromatic rings. The minimum absolute atomic E-state index is 0.0754. The van der Waals surface area contributed by atoms with Gasteiger partial charge in [-0.15, -0.1) is 0 Å². The standard InChI is InChI=1S/C15H22N4O2/c16-11-4-6-12(7-5-11)18-14(20)8-10-19-9-2-1-3-13(19)15(17)21/h4-7,13H,1-3,8-10,16H2,(H2,17,21)(H,18,20). The zero-order valence-electron chi connectivity index (χ0n) is 12.0. The van der Waals surface area contributed by atoms with Gasteiger partial charge in [0.05, 0.1) is 6.04 Å². The van der Waals surface area contributed by atoms with Gasteiger partial charge in [-0.1, -0.05) is 6.42 Å². The number of carbonyl (C=O) groups is 2. The van der Waals surface area contributed by atoms with Crippen LogP contribution in [0, 0.1) is 0 Å². The fourth-order valence-corrected chi connectivity index (χ4v) is 2.62. The van der Waals surface area contributed by atoms with Crippen LogP contribution >= 0.6 is 0 Å². The zero-order chi connectivity index (χ0) is 15.2. The first kappa shape index (κ1) is 15.3. The highest BCUT2D eigenvalue weighted by Gasteiger charge is 2.26. The minimum Gasteiger partial charge on any atom is -0.399 e. The van der Waals surface area contributed by atoms with E-state index in [4.69, 9.17) is 11.5 Å². The monoisotopic (exact) mass is 290 g/mol. The van der Waals surface area contributed by atoms with E-state index in [2.05, 4.69) is 5.32 Å². The molecule has 21 heavy (non-hydrogen) atoms. The molecule has 0 aromatic heterocycles. The molecule has 1 saturated heterocycles. The van der Waals surface area contributed by atoms with Crippen LogP contribution in [0.5, 0.6) is 0 Å². The number of hydrogen-bond donors (Lipinski definition) is 3. The van der Waals surface area contributed by atoms with Crippen molar-refractivity contribution < 1.29 is 9.59 Å². The number of hydrogen-bond acceptors (Lipinski definition) is 4. The van der Waals surface area contributed by atoms with Gasteiger partial charge in [-0.25, -0.2) is 0 Å². The molecule has 6 heteroatoms. The van der Waals surface area contributed by atoms with Crippen molar-refractivity contribution in [1.29, 1.82) is 0 Å². The van der Waals surface area contributed by atoms with Crippen LogP contribution < -0.4 is 16.8 Å². The number of primary amides is 1. The Labute approximate surface area is 124 Å². The number of carbonyl (C=O) groups excluding carboxylic acids is 2. The number of piperidine rings is 1. The van der Waals surface area contributed by atoms with Gasteiger partial charge in [0.15, 0.2) is 0 Å². The van der Waals surface area contributed by atoms with Crippen molar-refractivity contribution >= 4 is 23.2 Å². The lowest BCUT2D eigenvalue weighted by Crippen LogP contribution is -2.48. The molecule has 114 valence electrons. The van der Waals surface area contributed by atoms with Gasteiger partial charge >= 0.3 is 0 Å². The van der Waals surface area contributed by atoms with E-state index < -0.39 is 0 Å². The largest absolute Gasteiger partial charge is 0.399 e. The van der Waals surface area contributed by atoms with Crippen LogP contribution in [-0.4, -0.2) is 35.8 Å². The second-order valence-electron chi connectivity index (χ2n) is 5.37. The Balaban J connectivity index is 1.82. The van der Waals surface area contributed by atoms with Crippen molar-refractivity contribution in [2.24, 2.45) is 5.73 Å². The van der Waals surface area contributed by atoms with Crippen molar-refractivity contribution in [2.75, 3.05) is 24.1 Å². The number of anilines is 2. The molecule has 0 aliphatic carbocycles. The molecule has 0 spiro atoms. The summed E-state index contributed by atoms with van der Waals surface area (Å²) in [6.07, 6.45) is 3.19. The van der Waals surface area contributed by atoms with E-state index >= 15 is 0 Å². The van der Waals surface area contributed by atoms with Crippen molar-refractivity contribution in [2.45, 2.75) is 31.7 Å². The quantitative estimate of drug-likeness (QED) is 0.702. The topological polar surface area (TPSA) is 101 Å². The predicted octanol–water partition coefficient (Wildman–Crippen LogP) is 0.937. The molecule has 0 bridgehead atoms. The van der Waals surface area contributed by atoms with Gasteiger partial charge in [-0.2, -0.15) is 0 Å². The summed E-state index contributed by atoms with van der Waals surface area (Å²) in [5.41, 5.74) is 12.4. The zero-order valence-corrected chi connectivity index (χ0v) is 12.0. The van der Waals surface area contributed by atoms with Gasteiger partial charge in [0.25, 0.3) is 0 Å². The maximum Gasteiger partial charge on any atom is 0.234 e. The molecule has 1 aliphatic rings. The molecule has 2 amide bonds. The van der Waals surface area contributed by atoms with Crippen LogP contribution in [0.25, 0.3) is 0 Å². The number of amides is 2. The van der Waals surface area contributed by atoms with Gasteiger partial charge in [-0.3, -0.25) is 14.5 Å². The lowest BCUT2D eigenvalue weighted by Gasteiger charge is -2.33. The molecular weight excluding hydrogens is 268 g/mol. The van der Waals surface area contributed by atoms with E-state index in [1.54, 1.807) is 24.3 Å². The number of rotatable bonds is 5. The van der Waals surface area contributed by atoms with E-state index in [-0.39, 0.29) is 17.9 Å². The molecule has 0 saturated carbocycles. The van der Waals surface area contributed by atoms with E-state index in [1.807, 2.05) is 4.90 Å². The fraction of sp³-hybridized carbons (Fsp3) is 0.467. The SMILES string of the molecule is NC(=O)C1CCCCN1CCC(=O)Nc1ccc(N)cc1. The average Bonchev–Trinajstić information content (AvgIpc) is 2.48. The molecule has 1 atom stereocenters. The number of nitrogens with zero attached hydrogens (tertiary/aromatic N) is 1. The van der Waals surface area contributed by atoms with E-state index in [1.165, 1.54) is 0 Å². The summed E-state index contributed by atoms with van der Waals surface area (Å²) in [4.78, 5) is 25.3. The second-order valence-corrected chi connectivity index (χ2v) is 5.37. The predicted molar refractivity (Wildman–Crippen MR) is 82.5 cm³/mol. The Morgan fingerprint density at radius 2 is 1.95 bits per heavy atom. The Morgan fingerprint density at radius 3 is 2.62 bits per heavy atom. The summed E-state index contributed by atoms with van der Waals surface area (Å²) in [6.45, 7) is 1.37. The van der Waals surface area contributed by atoms with Crippen molar-refractivity contribution in [1.82, 2.24) is 4.90 Å². The number of nitrogens with one attached hydrogen (secondary N) is 1. The number of likely N-dealkylation sites (tertiary alicyclic amines) is 1. The van der Waals surface area contributed by atoms with E-state index in [0.29, 0.717) is 18.7 Å². The number of nitrogens with two attached hydrogens (primary N) is 2. The molecule has 1 aromatic carbocycles. The average molecular weight is 290 g/mol. The van der Waals surface area contributed by atoms with Crippen LogP contribution in [0.15, 0.2) is 24.3 Å². The normalized spacial score (nSPS) is 19.1. The van der Waals surface area contributed by atoms with Crippen LogP contribution in [0.2, 0.25) is 0 Å². The third kappa shape index (κ3) is 4.46. The van der Waals surface area contributed by atoms with Crippen LogP contribution in [0.4, 0.5) is 11.4 Å². The second kappa shape index (κ2) is 7.08. The highest BCUT2D eigenvalue weighted by molar-refractivity contribution is 5.91. The molecule has 5 N–H and O–H groups in total. The summed E-state index contributed by atoms with van der Waals surface area (Å²) in [5, 5.41) is 2.82. The van der Waals surface area contributed by atoms with E-state index in [0.717, 1.165) is 31.5 Å². The highest BCUT2D eigenvalue weighted by Crippen LogP contribution is 2.17. The number of benzene rings is 1. The molecule has 6 nitrogen and oxygen atoms in total. The Morgan fingerprint density at radius 1 is 1.24 bits per heavy atom. The van der Waals surface area contributed by atoms with Crippen LogP contribution in [-0.2, 0) is 9.59 Å². The molecular formula is C15H22N4O2. The minimum atomic E-state index is -0.298. The van der Waals surface area contributed by atoms with Gasteiger partial charge in [-0.05, 0) is 43.7 Å². The van der Waals surface area contributed by atoms with Crippen LogP contribution in [0.1, 0.15) is 25.7 Å². The lowest BCUT2D eigenvalue weighted by molar-refractivity contribution is -0.125. The summed E-state index contributed by atoms with van der Waals surface area (Å²) in [5.74, 6) is -0.373. The lowest BCUT2D eigenvalue weighted by atomic mass is 10.0. The van der Waals surface area contributed by atoms with Gasteiger partial charge in [0, 0.05) is 24.3 Å². The molecule has 0 radical (unpaired) electrons. The first-order chi connectivity index (χ1) is 10.1. The number of nitrogen functional groups attached to an aromatic ring is 1. The van der Waals surface area contributed by atoms with E-state index in [9.17, 15) is 9.59 Å². The third-order valence-electron chi connectivity index (χ3n) is 3.76. The van der Waals surface area contributed by atoms with Crippen LogP contribution in [0.3, 0.4) is 0 Å². The van der Waals surface area contributed by atoms with Crippen molar-refractivity contribution in [3.05, 3.63) is 24.3 Å². The first-order valence-electron chi connectivity index (χ1n) is 7.25. The summed E-state index contributed by atoms with van der Waals surface area (Å²) < 4.78 is 0. The van der Waals surface area contributed by atoms with Gasteiger partial charge in [0.2, 0.25) is 11.8 Å². The Kier molecular flexibility index (Phi) is 5.16. The van der Waals surface area contributed by atoms with Crippen molar-refractivity contribution in [3.63, 3.8) is 0 Å². The highest BCUT2D eigenvalue weighted by atomic mass is 16.2.